The van der Waals surface area contributed by atoms with Gasteiger partial charge in [0.1, 0.15) is 5.75 Å². The molecule has 142 valence electrons. The molecule has 7 nitrogen and oxygen atoms in total. The first kappa shape index (κ1) is 19.1. The molecule has 8 heteroatoms. The summed E-state index contributed by atoms with van der Waals surface area (Å²) >= 11 is 0. The zero-order chi connectivity index (χ0) is 19.4. The molecule has 0 bridgehead atoms. The van der Waals surface area contributed by atoms with E-state index in [4.69, 9.17) is 4.74 Å². The summed E-state index contributed by atoms with van der Waals surface area (Å²) in [5.41, 5.74) is 1.60. The number of imide groups is 1. The second-order valence-electron chi connectivity index (χ2n) is 6.12. The predicted molar refractivity (Wildman–Crippen MR) is 100 cm³/mol. The number of methoxy groups -OCH3 is 1. The molecule has 1 heterocycles. The van der Waals surface area contributed by atoms with Gasteiger partial charge in [0.2, 0.25) is 10.0 Å². The smallest absolute Gasteiger partial charge is 0.261 e. The Kier molecular flexibility index (Phi) is 5.57. The third-order valence-corrected chi connectivity index (χ3v) is 5.72. The van der Waals surface area contributed by atoms with Crippen molar-refractivity contribution in [2.75, 3.05) is 26.0 Å². The molecule has 0 saturated heterocycles. The topological polar surface area (TPSA) is 92.8 Å². The van der Waals surface area contributed by atoms with Crippen LogP contribution in [0.25, 0.3) is 0 Å². The highest BCUT2D eigenvalue weighted by Gasteiger charge is 2.35. The molecule has 27 heavy (non-hydrogen) atoms. The van der Waals surface area contributed by atoms with Crippen molar-refractivity contribution < 1.29 is 22.7 Å². The lowest BCUT2D eigenvalue weighted by Crippen LogP contribution is -2.38. The summed E-state index contributed by atoms with van der Waals surface area (Å²) in [7, 11) is -2.03. The number of fused-ring (bicyclic) bond motifs is 1. The fourth-order valence-electron chi connectivity index (χ4n) is 2.87. The highest BCUT2D eigenvalue weighted by Crippen LogP contribution is 2.22. The van der Waals surface area contributed by atoms with Crippen molar-refractivity contribution in [3.05, 3.63) is 65.2 Å². The molecular weight excluding hydrogens is 368 g/mol. The number of carbonyl (C=O) groups excluding carboxylic acids is 2. The molecule has 0 aliphatic carbocycles. The summed E-state index contributed by atoms with van der Waals surface area (Å²) in [4.78, 5) is 25.5. The average molecular weight is 388 g/mol. The second kappa shape index (κ2) is 7.89. The third kappa shape index (κ3) is 4.35. The Hall–Kier alpha value is -2.71. The van der Waals surface area contributed by atoms with Gasteiger partial charge in [-0.25, -0.2) is 13.1 Å². The van der Waals surface area contributed by atoms with Crippen LogP contribution >= 0.6 is 0 Å². The third-order valence-electron chi connectivity index (χ3n) is 4.36. The van der Waals surface area contributed by atoms with Gasteiger partial charge in [0.05, 0.1) is 24.0 Å². The van der Waals surface area contributed by atoms with Gasteiger partial charge in [-0.15, -0.1) is 0 Å². The average Bonchev–Trinajstić information content (AvgIpc) is 2.91. The van der Waals surface area contributed by atoms with Crippen LogP contribution in [0.5, 0.6) is 5.75 Å². The molecule has 0 radical (unpaired) electrons. The molecule has 1 aliphatic rings. The van der Waals surface area contributed by atoms with E-state index >= 15 is 0 Å². The Morgan fingerprint density at radius 3 is 2.11 bits per heavy atom. The van der Waals surface area contributed by atoms with Crippen molar-refractivity contribution in [3.63, 3.8) is 0 Å². The molecule has 0 unspecified atom stereocenters. The van der Waals surface area contributed by atoms with Crippen molar-refractivity contribution in [1.82, 2.24) is 9.62 Å². The normalized spacial score (nSPS) is 13.7. The number of ether oxygens (including phenoxy) is 1. The zero-order valence-corrected chi connectivity index (χ0v) is 15.7. The lowest BCUT2D eigenvalue weighted by atomic mass is 10.1. The highest BCUT2D eigenvalue weighted by molar-refractivity contribution is 7.89. The summed E-state index contributed by atoms with van der Waals surface area (Å²) in [6, 6.07) is 13.8. The zero-order valence-electron chi connectivity index (χ0n) is 14.8. The summed E-state index contributed by atoms with van der Waals surface area (Å²) < 4.78 is 31.9. The Morgan fingerprint density at radius 1 is 0.963 bits per heavy atom. The van der Waals surface area contributed by atoms with E-state index in [1.807, 2.05) is 24.3 Å². The monoisotopic (exact) mass is 388 g/mol. The Bertz CT molecular complexity index is 919. The largest absolute Gasteiger partial charge is 0.497 e. The molecule has 0 saturated carbocycles. The van der Waals surface area contributed by atoms with E-state index in [1.54, 1.807) is 31.4 Å². The number of hydrogen-bond donors (Lipinski definition) is 1. The first-order chi connectivity index (χ1) is 12.9. The van der Waals surface area contributed by atoms with Crippen LogP contribution in [0.4, 0.5) is 0 Å². The van der Waals surface area contributed by atoms with Gasteiger partial charge in [-0.2, -0.15) is 0 Å². The van der Waals surface area contributed by atoms with Crippen molar-refractivity contribution in [2.45, 2.75) is 6.42 Å². The Morgan fingerprint density at radius 2 is 1.56 bits per heavy atom. The van der Waals surface area contributed by atoms with E-state index in [1.165, 1.54) is 0 Å². The van der Waals surface area contributed by atoms with Crippen molar-refractivity contribution >= 4 is 21.8 Å². The van der Waals surface area contributed by atoms with Gasteiger partial charge < -0.3 is 4.74 Å². The van der Waals surface area contributed by atoms with E-state index in [0.717, 1.165) is 16.2 Å². The molecular formula is C19H20N2O5S. The second-order valence-corrected chi connectivity index (χ2v) is 8.05. The quantitative estimate of drug-likeness (QED) is 0.691. The number of amides is 2. The van der Waals surface area contributed by atoms with Crippen LogP contribution in [0.15, 0.2) is 48.5 Å². The first-order valence-corrected chi connectivity index (χ1v) is 10.1. The number of hydrogen-bond acceptors (Lipinski definition) is 5. The van der Waals surface area contributed by atoms with Crippen molar-refractivity contribution in [3.8, 4) is 5.75 Å². The van der Waals surface area contributed by atoms with Gasteiger partial charge >= 0.3 is 0 Å². The molecule has 1 aliphatic heterocycles. The van der Waals surface area contributed by atoms with Gasteiger partial charge in [0, 0.05) is 13.1 Å². The van der Waals surface area contributed by atoms with Gasteiger partial charge in [0.25, 0.3) is 11.8 Å². The van der Waals surface area contributed by atoms with E-state index in [-0.39, 0.29) is 18.8 Å². The number of benzene rings is 2. The highest BCUT2D eigenvalue weighted by atomic mass is 32.2. The maximum absolute atomic E-state index is 12.3. The molecule has 2 amide bonds. The summed E-state index contributed by atoms with van der Waals surface area (Å²) in [6.07, 6.45) is 0.524. The molecule has 2 aromatic rings. The van der Waals surface area contributed by atoms with Crippen LogP contribution in [0.3, 0.4) is 0 Å². The number of nitrogens with one attached hydrogen (secondary N) is 1. The molecule has 3 rings (SSSR count). The summed E-state index contributed by atoms with van der Waals surface area (Å²) in [6.45, 7) is 0.0565. The standard InChI is InChI=1S/C19H20N2O5S/c1-26-15-8-6-14(7-9-15)10-11-20-27(24,25)13-12-21-18(22)16-4-2-3-5-17(16)19(21)23/h2-9,20H,10-13H2,1H3. The van der Waals surface area contributed by atoms with Crippen LogP contribution in [0, 0.1) is 0 Å². The molecule has 1 N–H and O–H groups in total. The van der Waals surface area contributed by atoms with Crippen LogP contribution in [0.2, 0.25) is 0 Å². The fraction of sp³-hybridized carbons (Fsp3) is 0.263. The van der Waals surface area contributed by atoms with E-state index in [9.17, 15) is 18.0 Å². The molecule has 0 atom stereocenters. The van der Waals surface area contributed by atoms with Crippen LogP contribution < -0.4 is 9.46 Å². The maximum Gasteiger partial charge on any atom is 0.261 e. The lowest BCUT2D eigenvalue weighted by molar-refractivity contribution is 0.0664. The van der Waals surface area contributed by atoms with Gasteiger partial charge in [-0.1, -0.05) is 24.3 Å². The minimum Gasteiger partial charge on any atom is -0.497 e. The minimum atomic E-state index is -3.61. The Balaban J connectivity index is 1.51. The van der Waals surface area contributed by atoms with Gasteiger partial charge in [-0.05, 0) is 36.2 Å². The van der Waals surface area contributed by atoms with Crippen molar-refractivity contribution in [2.24, 2.45) is 0 Å². The van der Waals surface area contributed by atoms with E-state index in [0.29, 0.717) is 17.5 Å². The van der Waals surface area contributed by atoms with Crippen LogP contribution in [-0.4, -0.2) is 51.1 Å². The molecule has 0 aromatic heterocycles. The number of rotatable bonds is 8. The molecule has 0 fully saturated rings. The number of nitrogens with zero attached hydrogens (tertiary/aromatic N) is 1. The Labute approximate surface area is 158 Å². The van der Waals surface area contributed by atoms with E-state index in [2.05, 4.69) is 4.72 Å². The van der Waals surface area contributed by atoms with Crippen LogP contribution in [-0.2, 0) is 16.4 Å². The van der Waals surface area contributed by atoms with Crippen molar-refractivity contribution in [1.29, 1.82) is 0 Å². The fourth-order valence-corrected chi connectivity index (χ4v) is 3.85. The predicted octanol–water partition coefficient (Wildman–Crippen LogP) is 1.45. The molecule has 0 spiro atoms. The maximum atomic E-state index is 12.3. The minimum absolute atomic E-state index is 0.176. The number of carbonyl (C=O) groups is 2. The molecule has 2 aromatic carbocycles. The van der Waals surface area contributed by atoms with Gasteiger partial charge in [-0.3, -0.25) is 14.5 Å². The van der Waals surface area contributed by atoms with Gasteiger partial charge in [0.15, 0.2) is 0 Å². The first-order valence-electron chi connectivity index (χ1n) is 8.47. The van der Waals surface area contributed by atoms with Crippen LogP contribution in [0.1, 0.15) is 26.3 Å². The number of sulfonamides is 1. The summed E-state index contributed by atoms with van der Waals surface area (Å²) in [5, 5.41) is 0. The SMILES string of the molecule is COc1ccc(CCNS(=O)(=O)CCN2C(=O)c3ccccc3C2=O)cc1. The summed E-state index contributed by atoms with van der Waals surface area (Å²) in [5.74, 6) is -0.505. The lowest BCUT2D eigenvalue weighted by Gasteiger charge is -2.14. The van der Waals surface area contributed by atoms with E-state index < -0.39 is 21.8 Å².